The molecule has 26 heavy (non-hydrogen) atoms. The van der Waals surface area contributed by atoms with Crippen molar-refractivity contribution < 1.29 is 19.1 Å². The maximum Gasteiger partial charge on any atom is 0.273 e. The van der Waals surface area contributed by atoms with Gasteiger partial charge in [-0.15, -0.1) is 0 Å². The molecule has 2 aromatic heterocycles. The lowest BCUT2D eigenvalue weighted by Crippen LogP contribution is -2.42. The molecule has 0 fully saturated rings. The summed E-state index contributed by atoms with van der Waals surface area (Å²) < 4.78 is 10.6. The van der Waals surface area contributed by atoms with Crippen molar-refractivity contribution in [2.45, 2.75) is 26.3 Å². The van der Waals surface area contributed by atoms with Gasteiger partial charge in [0.25, 0.3) is 17.7 Å². The number of hydrogen-bond acceptors (Lipinski definition) is 7. The first-order chi connectivity index (χ1) is 12.3. The Morgan fingerprint density at radius 1 is 1.15 bits per heavy atom. The van der Waals surface area contributed by atoms with Crippen molar-refractivity contribution >= 4 is 11.8 Å². The van der Waals surface area contributed by atoms with E-state index in [1.165, 1.54) is 13.2 Å². The van der Waals surface area contributed by atoms with Crippen LogP contribution in [-0.4, -0.2) is 40.6 Å². The zero-order valence-corrected chi connectivity index (χ0v) is 14.9. The SMILES string of the molecule is CNC(=O)c1nc(C(C)(C)NC(=O)c2ccc(C)nc2)nc2c1OCO2. The molecule has 0 atom stereocenters. The molecule has 0 saturated heterocycles. The second-order valence-electron chi connectivity index (χ2n) is 6.28. The molecule has 3 heterocycles. The molecule has 0 aliphatic carbocycles. The van der Waals surface area contributed by atoms with E-state index in [0.717, 1.165) is 5.69 Å². The molecule has 1 aliphatic rings. The van der Waals surface area contributed by atoms with Crippen molar-refractivity contribution in [2.24, 2.45) is 0 Å². The molecule has 0 bridgehead atoms. The van der Waals surface area contributed by atoms with Crippen LogP contribution >= 0.6 is 0 Å². The molecule has 0 saturated carbocycles. The van der Waals surface area contributed by atoms with Gasteiger partial charge in [-0.05, 0) is 32.9 Å². The van der Waals surface area contributed by atoms with Crippen LogP contribution < -0.4 is 20.1 Å². The highest BCUT2D eigenvalue weighted by molar-refractivity contribution is 5.96. The van der Waals surface area contributed by atoms with E-state index in [-0.39, 0.29) is 35.8 Å². The lowest BCUT2D eigenvalue weighted by Gasteiger charge is -2.25. The van der Waals surface area contributed by atoms with Crippen LogP contribution in [0.2, 0.25) is 0 Å². The Labute approximate surface area is 150 Å². The van der Waals surface area contributed by atoms with E-state index in [2.05, 4.69) is 25.6 Å². The summed E-state index contributed by atoms with van der Waals surface area (Å²) in [5.41, 5.74) is 0.321. The van der Waals surface area contributed by atoms with E-state index in [4.69, 9.17) is 9.47 Å². The van der Waals surface area contributed by atoms with Crippen molar-refractivity contribution in [3.05, 3.63) is 41.1 Å². The first-order valence-electron chi connectivity index (χ1n) is 7.97. The smallest absolute Gasteiger partial charge is 0.273 e. The topological polar surface area (TPSA) is 115 Å². The summed E-state index contributed by atoms with van der Waals surface area (Å²) in [7, 11) is 1.49. The maximum atomic E-state index is 12.5. The third kappa shape index (κ3) is 3.28. The van der Waals surface area contributed by atoms with E-state index in [1.54, 1.807) is 26.0 Å². The largest absolute Gasteiger partial charge is 0.449 e. The molecule has 3 rings (SSSR count). The summed E-state index contributed by atoms with van der Waals surface area (Å²) >= 11 is 0. The summed E-state index contributed by atoms with van der Waals surface area (Å²) in [5, 5.41) is 5.35. The van der Waals surface area contributed by atoms with E-state index < -0.39 is 11.4 Å². The number of nitrogens with zero attached hydrogens (tertiary/aromatic N) is 3. The van der Waals surface area contributed by atoms with Gasteiger partial charge in [-0.3, -0.25) is 14.6 Å². The summed E-state index contributed by atoms with van der Waals surface area (Å²) in [6.07, 6.45) is 1.50. The minimum absolute atomic E-state index is 0.0424. The molecule has 9 heteroatoms. The Bertz CT molecular complexity index is 864. The molecule has 2 amide bonds. The number of nitrogens with one attached hydrogen (secondary N) is 2. The molecule has 136 valence electrons. The van der Waals surface area contributed by atoms with Crippen molar-refractivity contribution in [3.8, 4) is 11.6 Å². The quantitative estimate of drug-likeness (QED) is 0.836. The zero-order valence-electron chi connectivity index (χ0n) is 14.9. The second-order valence-corrected chi connectivity index (χ2v) is 6.28. The van der Waals surface area contributed by atoms with Gasteiger partial charge >= 0.3 is 0 Å². The predicted octanol–water partition coefficient (Wildman–Crippen LogP) is 0.933. The first kappa shape index (κ1) is 17.6. The Balaban J connectivity index is 1.92. The fourth-order valence-electron chi connectivity index (χ4n) is 2.37. The lowest BCUT2D eigenvalue weighted by molar-refractivity contribution is 0.0907. The summed E-state index contributed by atoms with van der Waals surface area (Å²) in [6, 6.07) is 3.44. The maximum absolute atomic E-state index is 12.5. The van der Waals surface area contributed by atoms with Crippen LogP contribution in [0.25, 0.3) is 0 Å². The molecule has 9 nitrogen and oxygen atoms in total. The Morgan fingerprint density at radius 2 is 1.92 bits per heavy atom. The van der Waals surface area contributed by atoms with Crippen LogP contribution in [0.3, 0.4) is 0 Å². The van der Waals surface area contributed by atoms with E-state index in [1.807, 2.05) is 6.92 Å². The van der Waals surface area contributed by atoms with Crippen molar-refractivity contribution in [1.82, 2.24) is 25.6 Å². The molecule has 0 spiro atoms. The van der Waals surface area contributed by atoms with E-state index in [0.29, 0.717) is 5.56 Å². The fraction of sp³-hybridized carbons (Fsp3) is 0.353. The van der Waals surface area contributed by atoms with Crippen LogP contribution in [-0.2, 0) is 5.54 Å². The Kier molecular flexibility index (Phi) is 4.45. The average molecular weight is 357 g/mol. The average Bonchev–Trinajstić information content (AvgIpc) is 3.09. The van der Waals surface area contributed by atoms with E-state index in [9.17, 15) is 9.59 Å². The number of ether oxygens (including phenoxy) is 2. The molecule has 1 aliphatic heterocycles. The van der Waals surface area contributed by atoms with Gasteiger partial charge in [-0.25, -0.2) is 4.98 Å². The van der Waals surface area contributed by atoms with E-state index >= 15 is 0 Å². The summed E-state index contributed by atoms with van der Waals surface area (Å²) in [4.78, 5) is 37.3. The van der Waals surface area contributed by atoms with Gasteiger partial charge in [-0.1, -0.05) is 0 Å². The number of carbonyl (C=O) groups is 2. The van der Waals surface area contributed by atoms with Gasteiger partial charge in [0, 0.05) is 18.9 Å². The number of fused-ring (bicyclic) bond motifs is 1. The number of pyridine rings is 1. The molecule has 0 unspecified atom stereocenters. The molecular formula is C17H19N5O4. The van der Waals surface area contributed by atoms with Crippen LogP contribution in [0.4, 0.5) is 0 Å². The van der Waals surface area contributed by atoms with Gasteiger partial charge in [0.2, 0.25) is 12.5 Å². The number of rotatable bonds is 4. The standard InChI is InChI=1S/C17H19N5O4/c1-9-5-6-10(7-19-9)13(23)22-17(2,3)16-20-11(14(24)18-4)12-15(21-16)26-8-25-12/h5-7H,8H2,1-4H3,(H,18,24)(H,22,23). The molecule has 0 aromatic carbocycles. The van der Waals surface area contributed by atoms with Crippen molar-refractivity contribution in [1.29, 1.82) is 0 Å². The third-order valence-electron chi connectivity index (χ3n) is 3.83. The molecule has 2 aromatic rings. The van der Waals surface area contributed by atoms with Crippen molar-refractivity contribution in [2.75, 3.05) is 13.8 Å². The molecule has 2 N–H and O–H groups in total. The van der Waals surface area contributed by atoms with Crippen LogP contribution in [0.1, 0.15) is 46.2 Å². The van der Waals surface area contributed by atoms with Crippen molar-refractivity contribution in [3.63, 3.8) is 0 Å². The number of aryl methyl sites for hydroxylation is 1. The highest BCUT2D eigenvalue weighted by atomic mass is 16.7. The Morgan fingerprint density at radius 3 is 2.58 bits per heavy atom. The third-order valence-corrected chi connectivity index (χ3v) is 3.83. The lowest BCUT2D eigenvalue weighted by atomic mass is 10.0. The minimum atomic E-state index is -0.967. The second kappa shape index (κ2) is 6.58. The monoisotopic (exact) mass is 357 g/mol. The molecular weight excluding hydrogens is 338 g/mol. The van der Waals surface area contributed by atoms with Gasteiger partial charge < -0.3 is 20.1 Å². The fourth-order valence-corrected chi connectivity index (χ4v) is 2.37. The number of carbonyl (C=O) groups excluding carboxylic acids is 2. The highest BCUT2D eigenvalue weighted by Gasteiger charge is 2.33. The highest BCUT2D eigenvalue weighted by Crippen LogP contribution is 2.34. The number of aromatic nitrogens is 3. The van der Waals surface area contributed by atoms with Gasteiger partial charge in [0.1, 0.15) is 0 Å². The van der Waals surface area contributed by atoms with Gasteiger partial charge in [-0.2, -0.15) is 4.98 Å². The Hall–Kier alpha value is -3.23. The van der Waals surface area contributed by atoms with Crippen LogP contribution in [0, 0.1) is 6.92 Å². The van der Waals surface area contributed by atoms with Gasteiger partial charge in [0.15, 0.2) is 11.5 Å². The molecule has 0 radical (unpaired) electrons. The first-order valence-corrected chi connectivity index (χ1v) is 7.97. The summed E-state index contributed by atoms with van der Waals surface area (Å²) in [5.74, 6) is -0.162. The zero-order chi connectivity index (χ0) is 18.9. The van der Waals surface area contributed by atoms with Crippen LogP contribution in [0.5, 0.6) is 11.6 Å². The normalized spacial score (nSPS) is 12.6. The minimum Gasteiger partial charge on any atom is -0.449 e. The summed E-state index contributed by atoms with van der Waals surface area (Å²) in [6.45, 7) is 5.26. The predicted molar refractivity (Wildman–Crippen MR) is 91.0 cm³/mol. The number of amides is 2. The number of hydrogen-bond donors (Lipinski definition) is 2. The van der Waals surface area contributed by atoms with Crippen LogP contribution in [0.15, 0.2) is 18.3 Å². The van der Waals surface area contributed by atoms with Gasteiger partial charge in [0.05, 0.1) is 11.1 Å².